The van der Waals surface area contributed by atoms with Crippen LogP contribution in [0.15, 0.2) is 23.7 Å². The van der Waals surface area contributed by atoms with E-state index in [1.165, 1.54) is 0 Å². The smallest absolute Gasteiger partial charge is 1.00 e. The number of hydrogen-bond acceptors (Lipinski definition) is 0. The Morgan fingerprint density at radius 3 is 1.83 bits per heavy atom. The van der Waals surface area contributed by atoms with Gasteiger partial charge in [-0.15, -0.1) is 8.19 Å². The molecule has 0 atom stereocenters. The van der Waals surface area contributed by atoms with Crippen LogP contribution in [0.3, 0.4) is 0 Å². The van der Waals surface area contributed by atoms with Crippen LogP contribution in [-0.2, 0) is 0 Å². The summed E-state index contributed by atoms with van der Waals surface area (Å²) in [5.41, 5.74) is 0. The Balaban J connectivity index is 0. The van der Waals surface area contributed by atoms with Crippen LogP contribution in [0, 0.1) is 0 Å². The van der Waals surface area contributed by atoms with Gasteiger partial charge in [0.05, 0.1) is 0 Å². The van der Waals surface area contributed by atoms with Gasteiger partial charge in [-0.1, -0.05) is 12.1 Å². The van der Waals surface area contributed by atoms with E-state index in [1.807, 2.05) is 0 Å². The Labute approximate surface area is 83.3 Å². The zero-order valence-electron chi connectivity index (χ0n) is 4.81. The molecule has 0 unspecified atom stereocenters. The fourth-order valence-corrected chi connectivity index (χ4v) is 0.833. The van der Waals surface area contributed by atoms with Gasteiger partial charge in [0.2, 0.25) is 0 Å². The van der Waals surface area contributed by atoms with E-state index in [0.717, 1.165) is 8.19 Å². The van der Waals surface area contributed by atoms with E-state index in [4.69, 9.17) is 0 Å². The van der Waals surface area contributed by atoms with E-state index >= 15 is 0 Å². The fraction of sp³-hybridized carbons (Fsp3) is 0. The molecule has 0 fully saturated rings. The molecule has 2 heteroatoms. The zero-order valence-corrected chi connectivity index (χ0v) is 7.93. The normalized spacial score (nSPS) is 6.67. The summed E-state index contributed by atoms with van der Waals surface area (Å²) in [6, 6.07) is 4.14. The summed E-state index contributed by atoms with van der Waals surface area (Å²) in [6.45, 7) is 0. The van der Waals surface area contributed by atoms with Crippen LogP contribution in [0.5, 0.6) is 0 Å². The molecule has 1 aromatic rings. The maximum absolute atomic E-state index is 2.15. The number of hydrogen-bond donors (Lipinski definition) is 0. The molecule has 0 N–H and O–H groups in total. The Hall–Kier alpha value is 1.42. The molecule has 0 spiro atoms. The largest absolute Gasteiger partial charge is 1.00 e. The summed E-state index contributed by atoms with van der Waals surface area (Å²) in [7, 11) is 0.948. The minimum Gasteiger partial charge on any atom is -1.00 e. The maximum atomic E-state index is 2.15. The first kappa shape index (κ1) is 7.42. The molecule has 0 bridgehead atoms. The van der Waals surface area contributed by atoms with Gasteiger partial charge in [0.15, 0.2) is 0 Å². The van der Waals surface area contributed by atoms with E-state index in [0.29, 0.717) is 0 Å². The molecule has 0 nitrogen and oxygen atoms in total. The van der Waals surface area contributed by atoms with Crippen LogP contribution in [0.4, 0.5) is 0 Å². The second-order valence-electron chi connectivity index (χ2n) is 0.885. The third-order valence-electron chi connectivity index (χ3n) is 0.496. The summed E-state index contributed by atoms with van der Waals surface area (Å²) >= 11 is 0. The molecule has 0 radical (unpaired) electrons. The van der Waals surface area contributed by atoms with Crippen molar-refractivity contribution in [2.45, 2.75) is 0 Å². The van der Waals surface area contributed by atoms with E-state index in [1.54, 1.807) is 0 Å². The Morgan fingerprint density at radius 1 is 1.17 bits per heavy atom. The molecule has 0 aromatic carbocycles. The third kappa shape index (κ3) is 2.57. The second-order valence-corrected chi connectivity index (χ2v) is 1.88. The first-order valence-corrected chi connectivity index (χ1v) is 2.73. The minimum absolute atomic E-state index is 0. The van der Waals surface area contributed by atoms with Crippen molar-refractivity contribution in [3.05, 3.63) is 23.7 Å². The SMILES string of the molecule is [H-].[K+].c1cc[pH]c1. The summed E-state index contributed by atoms with van der Waals surface area (Å²) in [6.07, 6.45) is 0. The van der Waals surface area contributed by atoms with Crippen LogP contribution in [0.2, 0.25) is 0 Å². The van der Waals surface area contributed by atoms with Gasteiger partial charge in [0, 0.05) is 0 Å². The molecule has 0 saturated heterocycles. The van der Waals surface area contributed by atoms with Crippen molar-refractivity contribution in [1.82, 2.24) is 0 Å². The number of rotatable bonds is 0. The first-order valence-electron chi connectivity index (χ1n) is 1.58. The topological polar surface area (TPSA) is 0 Å². The predicted octanol–water partition coefficient (Wildman–Crippen LogP) is -1.17. The quantitative estimate of drug-likeness (QED) is 0.382. The Bertz CT molecular complexity index is 68.2. The van der Waals surface area contributed by atoms with Crippen molar-refractivity contribution in [3.63, 3.8) is 0 Å². The molecule has 6 heavy (non-hydrogen) atoms. The van der Waals surface area contributed by atoms with Crippen LogP contribution in [0.1, 0.15) is 1.43 Å². The molecule has 1 heterocycles. The van der Waals surface area contributed by atoms with E-state index in [9.17, 15) is 0 Å². The van der Waals surface area contributed by atoms with E-state index in [-0.39, 0.29) is 52.8 Å². The van der Waals surface area contributed by atoms with Gasteiger partial charge < -0.3 is 1.43 Å². The molecular formula is C4H6KP. The Kier molecular flexibility index (Phi) is 5.65. The van der Waals surface area contributed by atoms with Gasteiger partial charge in [0.1, 0.15) is 0 Å². The molecule has 0 aliphatic rings. The fourth-order valence-electron chi connectivity index (χ4n) is 0.278. The third-order valence-corrected chi connectivity index (χ3v) is 1.27. The van der Waals surface area contributed by atoms with E-state index in [2.05, 4.69) is 23.7 Å². The van der Waals surface area contributed by atoms with Crippen LogP contribution in [-0.4, -0.2) is 0 Å². The summed E-state index contributed by atoms with van der Waals surface area (Å²) in [5, 5.41) is 0. The predicted molar refractivity (Wildman–Crippen MR) is 27.1 cm³/mol. The molecule has 1 aromatic heterocycles. The molecule has 0 amide bonds. The van der Waals surface area contributed by atoms with Crippen LogP contribution in [0.25, 0.3) is 0 Å². The van der Waals surface area contributed by atoms with Crippen LogP contribution >= 0.6 is 8.19 Å². The van der Waals surface area contributed by atoms with Crippen molar-refractivity contribution in [2.24, 2.45) is 0 Å². The molecule has 0 aliphatic carbocycles. The standard InChI is InChI=1S/C4H5P.K.H/c1-2-4-5-3-1;;/h1-5H;;/q;+1;-1. The first-order chi connectivity index (χ1) is 2.50. The molecular weight excluding hydrogens is 118 g/mol. The summed E-state index contributed by atoms with van der Waals surface area (Å²) < 4.78 is 0. The summed E-state index contributed by atoms with van der Waals surface area (Å²) in [4.78, 5) is 0. The average Bonchev–Trinajstić information content (AvgIpc) is 1.76. The van der Waals surface area contributed by atoms with Crippen LogP contribution < -0.4 is 51.4 Å². The Morgan fingerprint density at radius 2 is 1.67 bits per heavy atom. The van der Waals surface area contributed by atoms with Crippen molar-refractivity contribution in [3.8, 4) is 0 Å². The molecule has 0 saturated carbocycles. The van der Waals surface area contributed by atoms with Gasteiger partial charge in [-0.2, -0.15) is 0 Å². The van der Waals surface area contributed by atoms with Crippen molar-refractivity contribution < 1.29 is 52.8 Å². The van der Waals surface area contributed by atoms with Gasteiger partial charge in [-0.3, -0.25) is 0 Å². The monoisotopic (exact) mass is 124 g/mol. The summed E-state index contributed by atoms with van der Waals surface area (Å²) in [5.74, 6) is 4.31. The van der Waals surface area contributed by atoms with Gasteiger partial charge in [0.25, 0.3) is 0 Å². The van der Waals surface area contributed by atoms with Gasteiger partial charge in [-0.25, -0.2) is 0 Å². The molecule has 0 aliphatic heterocycles. The van der Waals surface area contributed by atoms with Gasteiger partial charge >= 0.3 is 51.4 Å². The van der Waals surface area contributed by atoms with Crippen molar-refractivity contribution in [2.75, 3.05) is 0 Å². The van der Waals surface area contributed by atoms with Gasteiger partial charge in [-0.05, 0) is 11.6 Å². The van der Waals surface area contributed by atoms with E-state index < -0.39 is 0 Å². The maximum Gasteiger partial charge on any atom is 1.00 e. The molecule has 28 valence electrons. The second kappa shape index (κ2) is 4.57. The average molecular weight is 124 g/mol. The van der Waals surface area contributed by atoms with Crippen molar-refractivity contribution >= 4 is 8.19 Å². The zero-order chi connectivity index (χ0) is 3.54. The van der Waals surface area contributed by atoms with Crippen molar-refractivity contribution in [1.29, 1.82) is 0 Å². The minimum atomic E-state index is 0. The molecule has 1 rings (SSSR count).